The van der Waals surface area contributed by atoms with Gasteiger partial charge in [-0.15, -0.1) is 0 Å². The van der Waals surface area contributed by atoms with Crippen LogP contribution in [0.15, 0.2) is 34.9 Å². The number of hydrogen-bond donors (Lipinski definition) is 1. The standard InChI is InChI=1S/C13H14BrFN4/c1-16-13-17-7-11(14)12(18-13)19(2)8-9-3-5-10(15)6-4-9/h3-7H,8H2,1-2H3,(H,16,17,18). The Bertz CT molecular complexity index is 559. The Hall–Kier alpha value is -1.69. The molecule has 1 heterocycles. The molecule has 19 heavy (non-hydrogen) atoms. The second kappa shape index (κ2) is 5.97. The fraction of sp³-hybridized carbons (Fsp3) is 0.231. The average Bonchev–Trinajstić information content (AvgIpc) is 2.42. The second-order valence-electron chi connectivity index (χ2n) is 4.10. The fourth-order valence-corrected chi connectivity index (χ4v) is 2.18. The highest BCUT2D eigenvalue weighted by Crippen LogP contribution is 2.24. The molecule has 1 N–H and O–H groups in total. The van der Waals surface area contributed by atoms with Crippen LogP contribution in [0.3, 0.4) is 0 Å². The molecular formula is C13H14BrFN4. The van der Waals surface area contributed by atoms with Crippen molar-refractivity contribution in [1.29, 1.82) is 0 Å². The van der Waals surface area contributed by atoms with Crippen molar-refractivity contribution in [2.24, 2.45) is 0 Å². The summed E-state index contributed by atoms with van der Waals surface area (Å²) in [6.45, 7) is 0.638. The molecule has 0 saturated heterocycles. The van der Waals surface area contributed by atoms with E-state index in [1.165, 1.54) is 12.1 Å². The first-order chi connectivity index (χ1) is 9.10. The highest BCUT2D eigenvalue weighted by Gasteiger charge is 2.10. The van der Waals surface area contributed by atoms with E-state index in [1.807, 2.05) is 11.9 Å². The van der Waals surface area contributed by atoms with Gasteiger partial charge in [-0.3, -0.25) is 0 Å². The fourth-order valence-electron chi connectivity index (χ4n) is 1.68. The predicted molar refractivity (Wildman–Crippen MR) is 77.8 cm³/mol. The lowest BCUT2D eigenvalue weighted by atomic mass is 10.2. The molecule has 0 fully saturated rings. The monoisotopic (exact) mass is 324 g/mol. The van der Waals surface area contributed by atoms with Crippen molar-refractivity contribution in [1.82, 2.24) is 9.97 Å². The molecular weight excluding hydrogens is 311 g/mol. The molecule has 0 aliphatic carbocycles. The largest absolute Gasteiger partial charge is 0.357 e. The van der Waals surface area contributed by atoms with Gasteiger partial charge in [-0.2, -0.15) is 4.98 Å². The highest BCUT2D eigenvalue weighted by atomic mass is 79.9. The minimum Gasteiger partial charge on any atom is -0.357 e. The third kappa shape index (κ3) is 3.41. The number of nitrogens with zero attached hydrogens (tertiary/aromatic N) is 3. The molecule has 0 bridgehead atoms. The molecule has 0 spiro atoms. The summed E-state index contributed by atoms with van der Waals surface area (Å²) in [7, 11) is 3.70. The smallest absolute Gasteiger partial charge is 0.224 e. The van der Waals surface area contributed by atoms with Crippen LogP contribution < -0.4 is 10.2 Å². The van der Waals surface area contributed by atoms with Gasteiger partial charge in [0.15, 0.2) is 0 Å². The van der Waals surface area contributed by atoms with E-state index in [9.17, 15) is 4.39 Å². The molecule has 1 aromatic heterocycles. The lowest BCUT2D eigenvalue weighted by molar-refractivity contribution is 0.627. The molecule has 0 aliphatic heterocycles. The van der Waals surface area contributed by atoms with Gasteiger partial charge in [0, 0.05) is 26.8 Å². The zero-order valence-corrected chi connectivity index (χ0v) is 12.3. The Kier molecular flexibility index (Phi) is 4.31. The van der Waals surface area contributed by atoms with E-state index in [0.717, 1.165) is 15.9 Å². The third-order valence-corrected chi connectivity index (χ3v) is 3.20. The van der Waals surface area contributed by atoms with Gasteiger partial charge in [-0.1, -0.05) is 12.1 Å². The summed E-state index contributed by atoms with van der Waals surface area (Å²) in [4.78, 5) is 10.5. The normalized spacial score (nSPS) is 10.3. The third-order valence-electron chi connectivity index (χ3n) is 2.64. The highest BCUT2D eigenvalue weighted by molar-refractivity contribution is 9.10. The first-order valence-corrected chi connectivity index (χ1v) is 6.55. The lowest BCUT2D eigenvalue weighted by Crippen LogP contribution is -2.19. The van der Waals surface area contributed by atoms with Gasteiger partial charge in [-0.05, 0) is 33.6 Å². The van der Waals surface area contributed by atoms with Gasteiger partial charge in [0.25, 0.3) is 0 Å². The van der Waals surface area contributed by atoms with Crippen LogP contribution in [0.25, 0.3) is 0 Å². The second-order valence-corrected chi connectivity index (χ2v) is 4.95. The van der Waals surface area contributed by atoms with Crippen LogP contribution in [-0.2, 0) is 6.54 Å². The number of benzene rings is 1. The minimum absolute atomic E-state index is 0.230. The summed E-state index contributed by atoms with van der Waals surface area (Å²) in [5.41, 5.74) is 1.01. The SMILES string of the molecule is CNc1ncc(Br)c(N(C)Cc2ccc(F)cc2)n1. The Morgan fingerprint density at radius 2 is 2.00 bits per heavy atom. The molecule has 2 aromatic rings. The van der Waals surface area contributed by atoms with Gasteiger partial charge in [-0.25, -0.2) is 9.37 Å². The Morgan fingerprint density at radius 3 is 2.63 bits per heavy atom. The molecule has 6 heteroatoms. The molecule has 1 aromatic carbocycles. The maximum atomic E-state index is 12.9. The maximum absolute atomic E-state index is 12.9. The van der Waals surface area contributed by atoms with Crippen molar-refractivity contribution in [3.05, 3.63) is 46.3 Å². The van der Waals surface area contributed by atoms with Gasteiger partial charge in [0.1, 0.15) is 11.6 Å². The number of aromatic nitrogens is 2. The number of hydrogen-bond acceptors (Lipinski definition) is 4. The molecule has 0 atom stereocenters. The van der Waals surface area contributed by atoms with E-state index in [-0.39, 0.29) is 5.82 Å². The van der Waals surface area contributed by atoms with E-state index in [1.54, 1.807) is 25.4 Å². The van der Waals surface area contributed by atoms with Crippen molar-refractivity contribution < 1.29 is 4.39 Å². The van der Waals surface area contributed by atoms with Crippen LogP contribution in [-0.4, -0.2) is 24.1 Å². The van der Waals surface area contributed by atoms with Crippen LogP contribution in [0.5, 0.6) is 0 Å². The van der Waals surface area contributed by atoms with Crippen molar-refractivity contribution in [3.8, 4) is 0 Å². The maximum Gasteiger partial charge on any atom is 0.224 e. The van der Waals surface area contributed by atoms with Crippen LogP contribution >= 0.6 is 15.9 Å². The molecule has 4 nitrogen and oxygen atoms in total. The molecule has 0 saturated carbocycles. The molecule has 2 rings (SSSR count). The topological polar surface area (TPSA) is 41.1 Å². The van der Waals surface area contributed by atoms with Gasteiger partial charge < -0.3 is 10.2 Å². The summed E-state index contributed by atoms with van der Waals surface area (Å²) in [6, 6.07) is 6.44. The summed E-state index contributed by atoms with van der Waals surface area (Å²) in [6.07, 6.45) is 1.70. The summed E-state index contributed by atoms with van der Waals surface area (Å²) < 4.78 is 13.7. The van der Waals surface area contributed by atoms with E-state index < -0.39 is 0 Å². The van der Waals surface area contributed by atoms with E-state index in [0.29, 0.717) is 12.5 Å². The number of anilines is 2. The summed E-state index contributed by atoms with van der Waals surface area (Å²) in [5.74, 6) is 1.11. The van der Waals surface area contributed by atoms with E-state index in [4.69, 9.17) is 0 Å². The van der Waals surface area contributed by atoms with Crippen molar-refractivity contribution in [3.63, 3.8) is 0 Å². The van der Waals surface area contributed by atoms with Crippen molar-refractivity contribution >= 4 is 27.7 Å². The lowest BCUT2D eigenvalue weighted by Gasteiger charge is -2.20. The number of nitrogens with one attached hydrogen (secondary N) is 1. The molecule has 0 aliphatic rings. The van der Waals surface area contributed by atoms with Gasteiger partial charge >= 0.3 is 0 Å². The van der Waals surface area contributed by atoms with Crippen LogP contribution in [0, 0.1) is 5.82 Å². The first-order valence-electron chi connectivity index (χ1n) is 5.76. The first kappa shape index (κ1) is 13.7. The molecule has 100 valence electrons. The average molecular weight is 325 g/mol. The van der Waals surface area contributed by atoms with Crippen molar-refractivity contribution in [2.75, 3.05) is 24.3 Å². The zero-order valence-electron chi connectivity index (χ0n) is 10.7. The molecule has 0 amide bonds. The van der Waals surface area contributed by atoms with Gasteiger partial charge in [0.05, 0.1) is 4.47 Å². The van der Waals surface area contributed by atoms with E-state index >= 15 is 0 Å². The Morgan fingerprint density at radius 1 is 1.32 bits per heavy atom. The predicted octanol–water partition coefficient (Wildman–Crippen LogP) is 3.06. The minimum atomic E-state index is -0.230. The van der Waals surface area contributed by atoms with Crippen LogP contribution in [0.1, 0.15) is 5.56 Å². The molecule has 0 radical (unpaired) electrons. The molecule has 0 unspecified atom stereocenters. The Labute approximate surface area is 119 Å². The quantitative estimate of drug-likeness (QED) is 0.938. The Balaban J connectivity index is 2.19. The van der Waals surface area contributed by atoms with Gasteiger partial charge in [0.2, 0.25) is 5.95 Å². The van der Waals surface area contributed by atoms with E-state index in [2.05, 4.69) is 31.2 Å². The van der Waals surface area contributed by atoms with Crippen LogP contribution in [0.4, 0.5) is 16.2 Å². The van der Waals surface area contributed by atoms with Crippen molar-refractivity contribution in [2.45, 2.75) is 6.54 Å². The summed E-state index contributed by atoms with van der Waals surface area (Å²) >= 11 is 3.43. The summed E-state index contributed by atoms with van der Waals surface area (Å²) in [5, 5.41) is 2.90. The number of rotatable bonds is 4. The van der Waals surface area contributed by atoms with Crippen LogP contribution in [0.2, 0.25) is 0 Å². The zero-order chi connectivity index (χ0) is 13.8. The number of halogens is 2.